The van der Waals surface area contributed by atoms with Crippen molar-refractivity contribution in [1.29, 1.82) is 0 Å². The van der Waals surface area contributed by atoms with Crippen LogP contribution in [0.2, 0.25) is 0 Å². The lowest BCUT2D eigenvalue weighted by Crippen LogP contribution is -2.29. The van der Waals surface area contributed by atoms with Gasteiger partial charge in [-0.2, -0.15) is 0 Å². The van der Waals surface area contributed by atoms with Crippen molar-refractivity contribution in [2.24, 2.45) is 11.8 Å². The molecular weight excluding hydrogens is 188 g/mol. The Bertz CT molecular complexity index is 305. The molecule has 1 saturated carbocycles. The van der Waals surface area contributed by atoms with Crippen LogP contribution in [-0.4, -0.2) is 9.97 Å². The van der Waals surface area contributed by atoms with E-state index in [1.807, 2.05) is 19.3 Å². The highest BCUT2D eigenvalue weighted by molar-refractivity contribution is 5.04. The van der Waals surface area contributed by atoms with E-state index in [4.69, 9.17) is 5.84 Å². The number of hydrogen-bond donors (Lipinski definition) is 2. The number of rotatable bonds is 5. The Morgan fingerprint density at radius 1 is 1.47 bits per heavy atom. The molecule has 0 radical (unpaired) electrons. The quantitative estimate of drug-likeness (QED) is 0.566. The molecule has 82 valence electrons. The van der Waals surface area contributed by atoms with Gasteiger partial charge in [-0.3, -0.25) is 5.84 Å². The van der Waals surface area contributed by atoms with Crippen molar-refractivity contribution in [1.82, 2.24) is 15.4 Å². The van der Waals surface area contributed by atoms with Gasteiger partial charge in [-0.15, -0.1) is 0 Å². The SMILES string of the molecule is Cc1cnc(C(CCC2CC2)NN)nc1. The lowest BCUT2D eigenvalue weighted by atomic mass is 10.1. The van der Waals surface area contributed by atoms with Crippen molar-refractivity contribution in [3.8, 4) is 0 Å². The van der Waals surface area contributed by atoms with Crippen LogP contribution in [0.4, 0.5) is 0 Å². The zero-order valence-electron chi connectivity index (χ0n) is 9.11. The van der Waals surface area contributed by atoms with Crippen LogP contribution >= 0.6 is 0 Å². The third kappa shape index (κ3) is 2.97. The molecule has 0 amide bonds. The molecule has 1 aromatic heterocycles. The van der Waals surface area contributed by atoms with E-state index in [9.17, 15) is 0 Å². The van der Waals surface area contributed by atoms with E-state index < -0.39 is 0 Å². The van der Waals surface area contributed by atoms with Gasteiger partial charge in [0.15, 0.2) is 0 Å². The maximum atomic E-state index is 5.52. The second-order valence-corrected chi connectivity index (χ2v) is 4.36. The molecule has 1 aromatic rings. The maximum Gasteiger partial charge on any atom is 0.146 e. The van der Waals surface area contributed by atoms with Crippen molar-refractivity contribution in [2.75, 3.05) is 0 Å². The Morgan fingerprint density at radius 2 is 2.13 bits per heavy atom. The summed E-state index contributed by atoms with van der Waals surface area (Å²) in [5.74, 6) is 7.25. The van der Waals surface area contributed by atoms with Gasteiger partial charge in [-0.25, -0.2) is 15.4 Å². The first-order valence-electron chi connectivity index (χ1n) is 5.54. The largest absolute Gasteiger partial charge is 0.271 e. The molecule has 0 aromatic carbocycles. The molecule has 1 unspecified atom stereocenters. The molecule has 2 rings (SSSR count). The summed E-state index contributed by atoms with van der Waals surface area (Å²) in [7, 11) is 0. The van der Waals surface area contributed by atoms with Crippen molar-refractivity contribution in [3.05, 3.63) is 23.8 Å². The van der Waals surface area contributed by atoms with E-state index >= 15 is 0 Å². The summed E-state index contributed by atoms with van der Waals surface area (Å²) in [5.41, 5.74) is 3.88. The van der Waals surface area contributed by atoms with Gasteiger partial charge in [0.05, 0.1) is 6.04 Å². The molecule has 0 spiro atoms. The van der Waals surface area contributed by atoms with Gasteiger partial charge in [0, 0.05) is 12.4 Å². The van der Waals surface area contributed by atoms with Crippen molar-refractivity contribution >= 4 is 0 Å². The molecule has 3 N–H and O–H groups in total. The third-order valence-electron chi connectivity index (χ3n) is 2.87. The zero-order chi connectivity index (χ0) is 10.7. The Hall–Kier alpha value is -1.00. The molecule has 0 saturated heterocycles. The molecule has 1 aliphatic rings. The second kappa shape index (κ2) is 4.68. The number of hydrazine groups is 1. The first-order valence-corrected chi connectivity index (χ1v) is 5.54. The smallest absolute Gasteiger partial charge is 0.146 e. The van der Waals surface area contributed by atoms with Gasteiger partial charge >= 0.3 is 0 Å². The number of aromatic nitrogens is 2. The molecular formula is C11H18N4. The molecule has 1 aliphatic carbocycles. The van der Waals surface area contributed by atoms with Crippen LogP contribution in [0.15, 0.2) is 12.4 Å². The lowest BCUT2D eigenvalue weighted by molar-refractivity contribution is 0.461. The third-order valence-corrected chi connectivity index (χ3v) is 2.87. The molecule has 0 aliphatic heterocycles. The van der Waals surface area contributed by atoms with Gasteiger partial charge in [0.25, 0.3) is 0 Å². The van der Waals surface area contributed by atoms with E-state index in [2.05, 4.69) is 15.4 Å². The van der Waals surface area contributed by atoms with Gasteiger partial charge < -0.3 is 0 Å². The Balaban J connectivity index is 1.94. The van der Waals surface area contributed by atoms with Crippen molar-refractivity contribution in [2.45, 2.75) is 38.6 Å². The van der Waals surface area contributed by atoms with Crippen LogP contribution in [0.1, 0.15) is 43.1 Å². The molecule has 1 fully saturated rings. The molecule has 1 heterocycles. The van der Waals surface area contributed by atoms with Crippen LogP contribution in [-0.2, 0) is 0 Å². The van der Waals surface area contributed by atoms with Gasteiger partial charge in [0.2, 0.25) is 0 Å². The van der Waals surface area contributed by atoms with Gasteiger partial charge in [-0.05, 0) is 31.2 Å². The lowest BCUT2D eigenvalue weighted by Gasteiger charge is -2.13. The molecule has 15 heavy (non-hydrogen) atoms. The second-order valence-electron chi connectivity index (χ2n) is 4.36. The van der Waals surface area contributed by atoms with Crippen molar-refractivity contribution < 1.29 is 0 Å². The van der Waals surface area contributed by atoms with Crippen LogP contribution in [0.3, 0.4) is 0 Å². The van der Waals surface area contributed by atoms with E-state index in [0.29, 0.717) is 0 Å². The number of nitrogens with one attached hydrogen (secondary N) is 1. The topological polar surface area (TPSA) is 63.8 Å². The monoisotopic (exact) mass is 206 g/mol. The van der Waals surface area contributed by atoms with Gasteiger partial charge in [0.1, 0.15) is 5.82 Å². The van der Waals surface area contributed by atoms with Crippen LogP contribution in [0.25, 0.3) is 0 Å². The highest BCUT2D eigenvalue weighted by Gasteiger charge is 2.23. The fourth-order valence-electron chi connectivity index (χ4n) is 1.68. The summed E-state index contributed by atoms with van der Waals surface area (Å²) in [6, 6.07) is 0.103. The Labute approximate surface area is 90.3 Å². The average molecular weight is 206 g/mol. The highest BCUT2D eigenvalue weighted by atomic mass is 15.2. The minimum atomic E-state index is 0.103. The summed E-state index contributed by atoms with van der Waals surface area (Å²) >= 11 is 0. The first kappa shape index (κ1) is 10.5. The van der Waals surface area contributed by atoms with Crippen molar-refractivity contribution in [3.63, 3.8) is 0 Å². The van der Waals surface area contributed by atoms with Crippen LogP contribution in [0.5, 0.6) is 0 Å². The first-order chi connectivity index (χ1) is 7.29. The summed E-state index contributed by atoms with van der Waals surface area (Å²) in [5, 5.41) is 0. The zero-order valence-corrected chi connectivity index (χ0v) is 9.11. The summed E-state index contributed by atoms with van der Waals surface area (Å²) < 4.78 is 0. The number of aryl methyl sites for hydroxylation is 1. The normalized spacial score (nSPS) is 17.7. The minimum absolute atomic E-state index is 0.103. The summed E-state index contributed by atoms with van der Waals surface area (Å²) in [4.78, 5) is 8.59. The molecule has 4 heteroatoms. The molecule has 4 nitrogen and oxygen atoms in total. The number of nitrogens with zero attached hydrogens (tertiary/aromatic N) is 2. The maximum absolute atomic E-state index is 5.52. The summed E-state index contributed by atoms with van der Waals surface area (Å²) in [6.45, 7) is 1.98. The highest BCUT2D eigenvalue weighted by Crippen LogP contribution is 2.35. The van der Waals surface area contributed by atoms with Gasteiger partial charge in [-0.1, -0.05) is 12.8 Å². The predicted octanol–water partition coefficient (Wildman–Crippen LogP) is 1.48. The predicted molar refractivity (Wildman–Crippen MR) is 58.8 cm³/mol. The van der Waals surface area contributed by atoms with E-state index in [1.165, 1.54) is 19.3 Å². The average Bonchev–Trinajstić information content (AvgIpc) is 3.05. The minimum Gasteiger partial charge on any atom is -0.271 e. The number of nitrogens with two attached hydrogens (primary N) is 1. The number of hydrogen-bond acceptors (Lipinski definition) is 4. The molecule has 1 atom stereocenters. The Morgan fingerprint density at radius 3 is 2.67 bits per heavy atom. The van der Waals surface area contributed by atoms with Crippen LogP contribution < -0.4 is 11.3 Å². The fraction of sp³-hybridized carbons (Fsp3) is 0.636. The summed E-state index contributed by atoms with van der Waals surface area (Å²) in [6.07, 6.45) is 8.70. The van der Waals surface area contributed by atoms with E-state index in [0.717, 1.165) is 23.7 Å². The van der Waals surface area contributed by atoms with Crippen LogP contribution in [0, 0.1) is 12.8 Å². The standard InChI is InChI=1S/C11H18N4/c1-8-6-13-11(14-7-8)10(15-12)5-4-9-2-3-9/h6-7,9-10,15H,2-5,12H2,1H3. The molecule has 0 bridgehead atoms. The Kier molecular flexibility index (Phi) is 3.28. The van der Waals surface area contributed by atoms with E-state index in [1.54, 1.807) is 0 Å². The van der Waals surface area contributed by atoms with E-state index in [-0.39, 0.29) is 6.04 Å². The fourth-order valence-corrected chi connectivity index (χ4v) is 1.68.